The Labute approximate surface area is 155 Å². The van der Waals surface area contributed by atoms with E-state index in [0.29, 0.717) is 6.54 Å². The molecule has 1 atom stereocenters. The number of hydrogen-bond acceptors (Lipinski definition) is 6. The summed E-state index contributed by atoms with van der Waals surface area (Å²) in [6.07, 6.45) is 2.54. The summed E-state index contributed by atoms with van der Waals surface area (Å²) in [6.45, 7) is 1.41. The van der Waals surface area contributed by atoms with E-state index < -0.39 is 20.7 Å². The van der Waals surface area contributed by atoms with Crippen LogP contribution in [0.3, 0.4) is 0 Å². The van der Waals surface area contributed by atoms with Crippen molar-refractivity contribution in [3.8, 4) is 0 Å². The smallest absolute Gasteiger partial charge is 0.243 e. The maximum absolute atomic E-state index is 13.6. The molecule has 2 N–H and O–H groups in total. The molecule has 3 rings (SSSR count). The zero-order chi connectivity index (χ0) is 18.6. The summed E-state index contributed by atoms with van der Waals surface area (Å²) < 4.78 is 40.0. The normalized spacial score (nSPS) is 17.4. The van der Waals surface area contributed by atoms with Crippen LogP contribution in [-0.2, 0) is 14.8 Å². The molecule has 1 aromatic carbocycles. The van der Waals surface area contributed by atoms with Crippen LogP contribution >= 0.6 is 11.3 Å². The van der Waals surface area contributed by atoms with Crippen LogP contribution in [0.1, 0.15) is 12.8 Å². The minimum Gasteiger partial charge on any atom is -0.351 e. The average Bonchev–Trinajstić information content (AvgIpc) is 3.26. The highest BCUT2D eigenvalue weighted by Crippen LogP contribution is 2.22. The van der Waals surface area contributed by atoms with Crippen molar-refractivity contribution < 1.29 is 17.6 Å². The Morgan fingerprint density at radius 3 is 2.92 bits per heavy atom. The fourth-order valence-corrected chi connectivity index (χ4v) is 4.55. The highest BCUT2D eigenvalue weighted by atomic mass is 32.2. The number of benzene rings is 1. The zero-order valence-electron chi connectivity index (χ0n) is 13.9. The number of nitrogens with one attached hydrogen (secondary N) is 2. The SMILES string of the molecule is O=C(CCNS(=O)(=O)c1ccccc1F)NC1CCN(c2nccs2)C1. The molecule has 1 fully saturated rings. The summed E-state index contributed by atoms with van der Waals surface area (Å²) in [5, 5.41) is 5.73. The van der Waals surface area contributed by atoms with Crippen LogP contribution in [0, 0.1) is 5.82 Å². The van der Waals surface area contributed by atoms with Gasteiger partial charge in [0.15, 0.2) is 5.13 Å². The van der Waals surface area contributed by atoms with Crippen molar-refractivity contribution >= 4 is 32.4 Å². The van der Waals surface area contributed by atoms with Crippen molar-refractivity contribution in [2.24, 2.45) is 0 Å². The number of thiazole rings is 1. The molecule has 1 aliphatic heterocycles. The number of sulfonamides is 1. The summed E-state index contributed by atoms with van der Waals surface area (Å²) in [7, 11) is -3.97. The maximum Gasteiger partial charge on any atom is 0.243 e. The number of anilines is 1. The van der Waals surface area contributed by atoms with Crippen LogP contribution in [0.2, 0.25) is 0 Å². The third-order valence-corrected chi connectivity index (χ3v) is 6.34. The van der Waals surface area contributed by atoms with Gasteiger partial charge in [0.05, 0.1) is 0 Å². The standard InChI is InChI=1S/C16H19FN4O3S2/c17-13-3-1-2-4-14(13)26(23,24)19-7-5-15(22)20-12-6-9-21(11-12)16-18-8-10-25-16/h1-4,8,10,12,19H,5-7,9,11H2,(H,20,22). The number of halogens is 1. The van der Waals surface area contributed by atoms with Crippen molar-refractivity contribution in [3.63, 3.8) is 0 Å². The van der Waals surface area contributed by atoms with E-state index in [0.717, 1.165) is 24.2 Å². The Hall–Kier alpha value is -2.04. The summed E-state index contributed by atoms with van der Waals surface area (Å²) in [6, 6.07) is 5.13. The second kappa shape index (κ2) is 8.11. The largest absolute Gasteiger partial charge is 0.351 e. The Balaban J connectivity index is 1.44. The molecule has 1 aliphatic rings. The van der Waals surface area contributed by atoms with E-state index in [2.05, 4.69) is 19.9 Å². The molecule has 1 saturated heterocycles. The van der Waals surface area contributed by atoms with Crippen molar-refractivity contribution in [3.05, 3.63) is 41.7 Å². The molecule has 1 aromatic heterocycles. The van der Waals surface area contributed by atoms with E-state index in [9.17, 15) is 17.6 Å². The van der Waals surface area contributed by atoms with Crippen LogP contribution in [0.25, 0.3) is 0 Å². The summed E-state index contributed by atoms with van der Waals surface area (Å²) in [5.74, 6) is -1.06. The lowest BCUT2D eigenvalue weighted by Gasteiger charge is -2.16. The van der Waals surface area contributed by atoms with Gasteiger partial charge < -0.3 is 10.2 Å². The predicted octanol–water partition coefficient (Wildman–Crippen LogP) is 1.35. The molecule has 26 heavy (non-hydrogen) atoms. The van der Waals surface area contributed by atoms with Crippen molar-refractivity contribution in [2.75, 3.05) is 24.5 Å². The van der Waals surface area contributed by atoms with E-state index in [1.807, 2.05) is 5.38 Å². The Bertz CT molecular complexity index is 858. The third-order valence-electron chi connectivity index (χ3n) is 4.01. The highest BCUT2D eigenvalue weighted by molar-refractivity contribution is 7.89. The molecule has 10 heteroatoms. The number of amides is 1. The molecule has 1 amide bonds. The van der Waals surface area contributed by atoms with Crippen molar-refractivity contribution in [1.29, 1.82) is 0 Å². The summed E-state index contributed by atoms with van der Waals surface area (Å²) >= 11 is 1.55. The first-order valence-electron chi connectivity index (χ1n) is 8.14. The topological polar surface area (TPSA) is 91.4 Å². The van der Waals surface area contributed by atoms with Crippen LogP contribution < -0.4 is 14.9 Å². The average molecular weight is 398 g/mol. The second-order valence-electron chi connectivity index (χ2n) is 5.89. The van der Waals surface area contributed by atoms with E-state index in [4.69, 9.17) is 0 Å². The van der Waals surface area contributed by atoms with Gasteiger partial charge in [-0.2, -0.15) is 0 Å². The molecule has 1 unspecified atom stereocenters. The number of carbonyl (C=O) groups excluding carboxylic acids is 1. The third kappa shape index (κ3) is 4.57. The summed E-state index contributed by atoms with van der Waals surface area (Å²) in [5.41, 5.74) is 0. The molecular weight excluding hydrogens is 379 g/mol. The monoisotopic (exact) mass is 398 g/mol. The van der Waals surface area contributed by atoms with Gasteiger partial charge in [0.25, 0.3) is 0 Å². The second-order valence-corrected chi connectivity index (χ2v) is 8.50. The van der Waals surface area contributed by atoms with Gasteiger partial charge in [-0.3, -0.25) is 4.79 Å². The molecule has 7 nitrogen and oxygen atoms in total. The number of hydrogen-bond donors (Lipinski definition) is 2. The lowest BCUT2D eigenvalue weighted by atomic mass is 10.2. The van der Waals surface area contributed by atoms with Gasteiger partial charge in [-0.25, -0.2) is 22.5 Å². The number of nitrogens with zero attached hydrogens (tertiary/aromatic N) is 2. The first kappa shape index (κ1) is 18.7. The van der Waals surface area contributed by atoms with Gasteiger partial charge in [0.1, 0.15) is 10.7 Å². The van der Waals surface area contributed by atoms with E-state index in [-0.39, 0.29) is 24.9 Å². The van der Waals surface area contributed by atoms with Crippen LogP contribution in [0.4, 0.5) is 9.52 Å². The van der Waals surface area contributed by atoms with E-state index >= 15 is 0 Å². The number of aromatic nitrogens is 1. The fourth-order valence-electron chi connectivity index (χ4n) is 2.76. The maximum atomic E-state index is 13.6. The van der Waals surface area contributed by atoms with Crippen LogP contribution in [0.5, 0.6) is 0 Å². The molecule has 0 spiro atoms. The molecule has 0 radical (unpaired) electrons. The molecule has 2 heterocycles. The first-order valence-corrected chi connectivity index (χ1v) is 10.5. The molecule has 140 valence electrons. The van der Waals surface area contributed by atoms with Crippen molar-refractivity contribution in [1.82, 2.24) is 15.0 Å². The Morgan fingerprint density at radius 1 is 1.38 bits per heavy atom. The van der Waals surface area contributed by atoms with Gasteiger partial charge in [-0.15, -0.1) is 11.3 Å². The fraction of sp³-hybridized carbons (Fsp3) is 0.375. The van der Waals surface area contributed by atoms with E-state index in [1.54, 1.807) is 17.5 Å². The van der Waals surface area contributed by atoms with E-state index in [1.165, 1.54) is 18.2 Å². The molecule has 2 aromatic rings. The highest BCUT2D eigenvalue weighted by Gasteiger charge is 2.25. The van der Waals surface area contributed by atoms with Gasteiger partial charge in [-0.1, -0.05) is 12.1 Å². The number of rotatable bonds is 7. The molecule has 0 aliphatic carbocycles. The van der Waals surface area contributed by atoms with Gasteiger partial charge in [0, 0.05) is 43.7 Å². The minimum absolute atomic E-state index is 0.00887. The quantitative estimate of drug-likeness (QED) is 0.735. The number of carbonyl (C=O) groups is 1. The lowest BCUT2D eigenvalue weighted by molar-refractivity contribution is -0.121. The van der Waals surface area contributed by atoms with Crippen molar-refractivity contribution in [2.45, 2.75) is 23.8 Å². The first-order chi connectivity index (χ1) is 12.5. The minimum atomic E-state index is -3.97. The predicted molar refractivity (Wildman–Crippen MR) is 97.1 cm³/mol. The molecule has 0 saturated carbocycles. The van der Waals surface area contributed by atoms with Gasteiger partial charge in [0.2, 0.25) is 15.9 Å². The molecular formula is C16H19FN4O3S2. The van der Waals surface area contributed by atoms with Gasteiger partial charge in [-0.05, 0) is 18.6 Å². The summed E-state index contributed by atoms with van der Waals surface area (Å²) in [4.78, 5) is 18.0. The lowest BCUT2D eigenvalue weighted by Crippen LogP contribution is -2.38. The Morgan fingerprint density at radius 2 is 2.19 bits per heavy atom. The zero-order valence-corrected chi connectivity index (χ0v) is 15.5. The van der Waals surface area contributed by atoms with Crippen LogP contribution in [0.15, 0.2) is 40.7 Å². The van der Waals surface area contributed by atoms with Gasteiger partial charge >= 0.3 is 0 Å². The molecule has 0 bridgehead atoms. The Kier molecular flexibility index (Phi) is 5.84. The van der Waals surface area contributed by atoms with Crippen LogP contribution in [-0.4, -0.2) is 45.0 Å².